The second-order valence-electron chi connectivity index (χ2n) is 3.18. The van der Waals surface area contributed by atoms with Crippen molar-refractivity contribution in [3.05, 3.63) is 28.2 Å². The van der Waals surface area contributed by atoms with Gasteiger partial charge < -0.3 is 15.5 Å². The maximum absolute atomic E-state index is 9.16. The lowest BCUT2D eigenvalue weighted by molar-refractivity contribution is 0.105. The number of hydrogen-bond acceptors (Lipinski definition) is 3. The van der Waals surface area contributed by atoms with Crippen LogP contribution in [0.4, 0.5) is 5.69 Å². The Hall–Kier alpha value is -0.580. The summed E-state index contributed by atoms with van der Waals surface area (Å²) in [5.74, 6) is 0. The van der Waals surface area contributed by atoms with Gasteiger partial charge in [-0.2, -0.15) is 0 Å². The lowest BCUT2D eigenvalue weighted by atomic mass is 10.2. The predicted molar refractivity (Wildman–Crippen MR) is 60.5 cm³/mol. The van der Waals surface area contributed by atoms with Crippen molar-refractivity contribution in [2.45, 2.75) is 13.0 Å². The molecule has 1 unspecified atom stereocenters. The molecule has 3 nitrogen and oxygen atoms in total. The number of halogens is 1. The van der Waals surface area contributed by atoms with E-state index in [2.05, 4.69) is 21.2 Å². The first kappa shape index (κ1) is 11.5. The van der Waals surface area contributed by atoms with E-state index in [0.29, 0.717) is 6.54 Å². The van der Waals surface area contributed by atoms with Gasteiger partial charge in [-0.1, -0.05) is 22.0 Å². The fourth-order valence-corrected chi connectivity index (χ4v) is 1.44. The zero-order valence-electron chi connectivity index (χ0n) is 8.00. The molecule has 0 saturated carbocycles. The Morgan fingerprint density at radius 2 is 2.21 bits per heavy atom. The normalized spacial score (nSPS) is 12.6. The molecule has 0 bridgehead atoms. The van der Waals surface area contributed by atoms with Gasteiger partial charge in [0.2, 0.25) is 0 Å². The van der Waals surface area contributed by atoms with Crippen LogP contribution in [0.1, 0.15) is 5.56 Å². The van der Waals surface area contributed by atoms with Crippen molar-refractivity contribution in [3.63, 3.8) is 0 Å². The third-order valence-corrected chi connectivity index (χ3v) is 2.43. The van der Waals surface area contributed by atoms with Gasteiger partial charge in [-0.25, -0.2) is 0 Å². The highest BCUT2D eigenvalue weighted by Gasteiger charge is 2.03. The minimum atomic E-state index is -0.714. The van der Waals surface area contributed by atoms with Crippen LogP contribution >= 0.6 is 15.9 Å². The largest absolute Gasteiger partial charge is 0.394 e. The highest BCUT2D eigenvalue weighted by atomic mass is 79.9. The summed E-state index contributed by atoms with van der Waals surface area (Å²) < 4.78 is 0.990. The summed E-state index contributed by atoms with van der Waals surface area (Å²) in [6.45, 7) is 2.12. The molecule has 1 aromatic rings. The van der Waals surface area contributed by atoms with E-state index in [0.717, 1.165) is 15.7 Å². The molecule has 0 spiro atoms. The van der Waals surface area contributed by atoms with Gasteiger partial charge in [0.05, 0.1) is 12.7 Å². The zero-order chi connectivity index (χ0) is 10.6. The summed E-state index contributed by atoms with van der Waals surface area (Å²) in [5.41, 5.74) is 2.07. The zero-order valence-corrected chi connectivity index (χ0v) is 9.58. The van der Waals surface area contributed by atoms with Crippen molar-refractivity contribution >= 4 is 21.6 Å². The first-order chi connectivity index (χ1) is 6.63. The maximum atomic E-state index is 9.16. The molecular weight excluding hydrogens is 246 g/mol. The van der Waals surface area contributed by atoms with Crippen molar-refractivity contribution in [1.82, 2.24) is 0 Å². The Labute approximate surface area is 91.9 Å². The SMILES string of the molecule is Cc1ccc(Br)cc1NCC(O)CO. The van der Waals surface area contributed by atoms with Gasteiger partial charge in [-0.05, 0) is 24.6 Å². The number of aryl methyl sites for hydroxylation is 1. The van der Waals surface area contributed by atoms with Crippen LogP contribution in [0, 0.1) is 6.92 Å². The lowest BCUT2D eigenvalue weighted by Crippen LogP contribution is -2.23. The number of anilines is 1. The summed E-state index contributed by atoms with van der Waals surface area (Å²) in [6.07, 6.45) is -0.714. The van der Waals surface area contributed by atoms with Crippen LogP contribution in [0.2, 0.25) is 0 Å². The van der Waals surface area contributed by atoms with Crippen LogP contribution < -0.4 is 5.32 Å². The smallest absolute Gasteiger partial charge is 0.0942 e. The molecule has 0 radical (unpaired) electrons. The van der Waals surface area contributed by atoms with Crippen molar-refractivity contribution in [3.8, 4) is 0 Å². The molecule has 1 atom stereocenters. The summed E-state index contributed by atoms with van der Waals surface area (Å²) in [5, 5.41) is 20.9. The molecule has 4 heteroatoms. The Bertz CT molecular complexity index is 304. The molecule has 1 rings (SSSR count). The molecule has 0 aliphatic rings. The molecule has 14 heavy (non-hydrogen) atoms. The topological polar surface area (TPSA) is 52.5 Å². The fraction of sp³-hybridized carbons (Fsp3) is 0.400. The number of hydrogen-bond donors (Lipinski definition) is 3. The Balaban J connectivity index is 2.62. The average Bonchev–Trinajstić information content (AvgIpc) is 2.19. The Morgan fingerprint density at radius 3 is 2.86 bits per heavy atom. The number of benzene rings is 1. The summed E-state index contributed by atoms with van der Waals surface area (Å²) in [6, 6.07) is 5.89. The quantitative estimate of drug-likeness (QED) is 0.769. The number of aliphatic hydroxyl groups is 2. The van der Waals surface area contributed by atoms with Gasteiger partial charge in [0.15, 0.2) is 0 Å². The summed E-state index contributed by atoms with van der Waals surface area (Å²) in [4.78, 5) is 0. The minimum absolute atomic E-state index is 0.222. The van der Waals surface area contributed by atoms with Gasteiger partial charge in [0.1, 0.15) is 0 Å². The van der Waals surface area contributed by atoms with Gasteiger partial charge in [-0.3, -0.25) is 0 Å². The number of rotatable bonds is 4. The van der Waals surface area contributed by atoms with Crippen LogP contribution in [0.25, 0.3) is 0 Å². The second-order valence-corrected chi connectivity index (χ2v) is 4.09. The van der Waals surface area contributed by atoms with Gasteiger partial charge in [0.25, 0.3) is 0 Å². The molecule has 0 saturated heterocycles. The van der Waals surface area contributed by atoms with E-state index in [1.165, 1.54) is 0 Å². The maximum Gasteiger partial charge on any atom is 0.0942 e. The van der Waals surface area contributed by atoms with E-state index in [1.54, 1.807) is 0 Å². The molecule has 0 fully saturated rings. The van der Waals surface area contributed by atoms with Crippen molar-refractivity contribution in [1.29, 1.82) is 0 Å². The molecule has 1 aromatic carbocycles. The highest BCUT2D eigenvalue weighted by molar-refractivity contribution is 9.10. The monoisotopic (exact) mass is 259 g/mol. The Kier molecular flexibility index (Phi) is 4.38. The van der Waals surface area contributed by atoms with E-state index >= 15 is 0 Å². The molecule has 78 valence electrons. The van der Waals surface area contributed by atoms with Crippen molar-refractivity contribution in [2.75, 3.05) is 18.5 Å². The Morgan fingerprint density at radius 1 is 1.50 bits per heavy atom. The lowest BCUT2D eigenvalue weighted by Gasteiger charge is -2.12. The van der Waals surface area contributed by atoms with Crippen LogP contribution in [-0.4, -0.2) is 29.5 Å². The molecular formula is C10H14BrNO2. The van der Waals surface area contributed by atoms with E-state index in [4.69, 9.17) is 10.2 Å². The van der Waals surface area contributed by atoms with E-state index in [-0.39, 0.29) is 6.61 Å². The van der Waals surface area contributed by atoms with E-state index < -0.39 is 6.10 Å². The third-order valence-electron chi connectivity index (χ3n) is 1.94. The standard InChI is InChI=1S/C10H14BrNO2/c1-7-2-3-8(11)4-10(7)12-5-9(14)6-13/h2-4,9,12-14H,5-6H2,1H3. The first-order valence-electron chi connectivity index (χ1n) is 4.42. The van der Waals surface area contributed by atoms with Crippen molar-refractivity contribution < 1.29 is 10.2 Å². The predicted octanol–water partition coefficient (Wildman–Crippen LogP) is 1.52. The highest BCUT2D eigenvalue weighted by Crippen LogP contribution is 2.20. The molecule has 3 N–H and O–H groups in total. The van der Waals surface area contributed by atoms with Gasteiger partial charge >= 0.3 is 0 Å². The second kappa shape index (κ2) is 5.34. The number of aliphatic hydroxyl groups excluding tert-OH is 2. The molecule has 0 aliphatic heterocycles. The van der Waals surface area contributed by atoms with Crippen molar-refractivity contribution in [2.24, 2.45) is 0 Å². The van der Waals surface area contributed by atoms with Crippen LogP contribution in [0.5, 0.6) is 0 Å². The van der Waals surface area contributed by atoms with Crippen LogP contribution in [0.3, 0.4) is 0 Å². The molecule has 0 amide bonds. The molecule has 0 aromatic heterocycles. The van der Waals surface area contributed by atoms with E-state index in [1.807, 2.05) is 25.1 Å². The molecule has 0 aliphatic carbocycles. The van der Waals surface area contributed by atoms with Crippen LogP contribution in [0.15, 0.2) is 22.7 Å². The average molecular weight is 260 g/mol. The summed E-state index contributed by atoms with van der Waals surface area (Å²) >= 11 is 3.37. The number of nitrogens with one attached hydrogen (secondary N) is 1. The third kappa shape index (κ3) is 3.29. The summed E-state index contributed by atoms with van der Waals surface area (Å²) in [7, 11) is 0. The first-order valence-corrected chi connectivity index (χ1v) is 5.21. The fourth-order valence-electron chi connectivity index (χ4n) is 1.08. The minimum Gasteiger partial charge on any atom is -0.394 e. The van der Waals surface area contributed by atoms with Gasteiger partial charge in [0, 0.05) is 16.7 Å². The van der Waals surface area contributed by atoms with E-state index in [9.17, 15) is 0 Å². The van der Waals surface area contributed by atoms with Crippen LogP contribution in [-0.2, 0) is 0 Å². The molecule has 0 heterocycles. The van der Waals surface area contributed by atoms with Gasteiger partial charge in [-0.15, -0.1) is 0 Å².